The molecule has 1 N–H and O–H groups in total. The molecule has 0 amide bonds. The molecule has 3 aromatic heterocycles. The molecule has 0 saturated heterocycles. The van der Waals surface area contributed by atoms with Crippen LogP contribution in [0.5, 0.6) is 0 Å². The number of thioether (sulfide) groups is 1. The van der Waals surface area contributed by atoms with Crippen LogP contribution in [0.2, 0.25) is 0 Å². The summed E-state index contributed by atoms with van der Waals surface area (Å²) in [7, 11) is 0. The molecule has 0 aromatic carbocycles. The predicted octanol–water partition coefficient (Wildman–Crippen LogP) is 1.82. The molecule has 0 saturated carbocycles. The van der Waals surface area contributed by atoms with E-state index in [0.717, 1.165) is 28.8 Å². The maximum Gasteiger partial charge on any atom is 0.313 e. The zero-order valence-electron chi connectivity index (χ0n) is 12.0. The first-order valence-electron chi connectivity index (χ1n) is 6.82. The van der Waals surface area contributed by atoms with Gasteiger partial charge in [-0.1, -0.05) is 11.8 Å². The highest BCUT2D eigenvalue weighted by molar-refractivity contribution is 7.99. The maximum absolute atomic E-state index is 10.8. The van der Waals surface area contributed by atoms with Crippen molar-refractivity contribution in [3.05, 3.63) is 60.4 Å². The van der Waals surface area contributed by atoms with Crippen molar-refractivity contribution >= 4 is 17.7 Å². The lowest BCUT2D eigenvalue weighted by atomic mass is 10.2. The van der Waals surface area contributed by atoms with E-state index in [4.69, 9.17) is 5.11 Å². The van der Waals surface area contributed by atoms with E-state index >= 15 is 0 Å². The molecule has 0 spiro atoms. The molecular formula is C15H13N5O2S. The average Bonchev–Trinajstić information content (AvgIpc) is 2.97. The summed E-state index contributed by atoms with van der Waals surface area (Å²) < 4.78 is 1.83. The van der Waals surface area contributed by atoms with E-state index in [1.54, 1.807) is 24.8 Å². The van der Waals surface area contributed by atoms with Gasteiger partial charge in [-0.05, 0) is 29.8 Å². The van der Waals surface area contributed by atoms with Crippen LogP contribution in [0.3, 0.4) is 0 Å². The van der Waals surface area contributed by atoms with Crippen molar-refractivity contribution in [3.8, 4) is 5.69 Å². The number of carbonyl (C=O) groups is 1. The van der Waals surface area contributed by atoms with Crippen LogP contribution in [0.4, 0.5) is 0 Å². The molecule has 3 heterocycles. The van der Waals surface area contributed by atoms with E-state index in [-0.39, 0.29) is 5.75 Å². The fourth-order valence-corrected chi connectivity index (χ4v) is 2.75. The van der Waals surface area contributed by atoms with Crippen LogP contribution in [-0.4, -0.2) is 41.6 Å². The fourth-order valence-electron chi connectivity index (χ4n) is 2.06. The first kappa shape index (κ1) is 15.2. The number of hydrogen-bond donors (Lipinski definition) is 1. The van der Waals surface area contributed by atoms with Gasteiger partial charge in [0, 0.05) is 25.0 Å². The van der Waals surface area contributed by atoms with Crippen LogP contribution in [0.15, 0.2) is 54.2 Å². The van der Waals surface area contributed by atoms with Crippen LogP contribution in [0.25, 0.3) is 5.69 Å². The van der Waals surface area contributed by atoms with Crippen LogP contribution >= 0.6 is 11.8 Å². The zero-order chi connectivity index (χ0) is 16.1. The van der Waals surface area contributed by atoms with Crippen molar-refractivity contribution in [3.63, 3.8) is 0 Å². The Morgan fingerprint density at radius 1 is 1.13 bits per heavy atom. The van der Waals surface area contributed by atoms with E-state index in [0.29, 0.717) is 11.6 Å². The van der Waals surface area contributed by atoms with Gasteiger partial charge >= 0.3 is 5.97 Å². The van der Waals surface area contributed by atoms with Crippen LogP contribution in [0.1, 0.15) is 11.4 Å². The van der Waals surface area contributed by atoms with Gasteiger partial charge in [0.1, 0.15) is 5.82 Å². The summed E-state index contributed by atoms with van der Waals surface area (Å²) in [5.41, 5.74) is 1.85. The summed E-state index contributed by atoms with van der Waals surface area (Å²) in [6.45, 7) is 0. The monoisotopic (exact) mass is 327 g/mol. The van der Waals surface area contributed by atoms with Gasteiger partial charge in [-0.25, -0.2) is 0 Å². The molecule has 3 rings (SSSR count). The normalized spacial score (nSPS) is 10.6. The Kier molecular flexibility index (Phi) is 4.62. The minimum atomic E-state index is -0.897. The molecule has 0 radical (unpaired) electrons. The minimum Gasteiger partial charge on any atom is -0.481 e. The summed E-state index contributed by atoms with van der Waals surface area (Å²) in [5.74, 6) is -0.253. The van der Waals surface area contributed by atoms with Gasteiger partial charge < -0.3 is 5.11 Å². The number of aromatic nitrogens is 5. The second kappa shape index (κ2) is 7.01. The topological polar surface area (TPSA) is 93.8 Å². The van der Waals surface area contributed by atoms with Gasteiger partial charge in [0.25, 0.3) is 0 Å². The Bertz CT molecular complexity index is 792. The third kappa shape index (κ3) is 3.72. The highest BCUT2D eigenvalue weighted by Gasteiger charge is 2.16. The number of aliphatic carboxylic acids is 1. The smallest absolute Gasteiger partial charge is 0.313 e. The summed E-state index contributed by atoms with van der Waals surface area (Å²) in [6, 6.07) is 7.52. The third-order valence-corrected chi connectivity index (χ3v) is 3.95. The number of hydrogen-bond acceptors (Lipinski definition) is 6. The molecule has 0 fully saturated rings. The number of pyridine rings is 2. The first-order chi connectivity index (χ1) is 11.2. The van der Waals surface area contributed by atoms with Gasteiger partial charge in [-0.2, -0.15) is 0 Å². The van der Waals surface area contributed by atoms with Gasteiger partial charge in [-0.3, -0.25) is 19.3 Å². The van der Waals surface area contributed by atoms with Crippen molar-refractivity contribution in [1.29, 1.82) is 0 Å². The Morgan fingerprint density at radius 2 is 1.96 bits per heavy atom. The molecule has 0 aliphatic rings. The molecule has 3 aromatic rings. The number of carboxylic acids is 1. The Balaban J connectivity index is 1.97. The molecule has 0 aliphatic heterocycles. The first-order valence-corrected chi connectivity index (χ1v) is 7.81. The van der Waals surface area contributed by atoms with Gasteiger partial charge in [-0.15, -0.1) is 10.2 Å². The molecule has 0 atom stereocenters. The van der Waals surface area contributed by atoms with Crippen LogP contribution in [0, 0.1) is 0 Å². The van der Waals surface area contributed by atoms with Crippen molar-refractivity contribution in [2.45, 2.75) is 11.6 Å². The Morgan fingerprint density at radius 3 is 2.65 bits per heavy atom. The third-order valence-electron chi connectivity index (χ3n) is 3.04. The van der Waals surface area contributed by atoms with Gasteiger partial charge in [0.05, 0.1) is 17.6 Å². The SMILES string of the molecule is O=C(O)CSc1nnc(Cc2ccncc2)n1-c1cccnc1. The fraction of sp³-hybridized carbons (Fsp3) is 0.133. The lowest BCUT2D eigenvalue weighted by Gasteiger charge is -2.09. The minimum absolute atomic E-state index is 0.0757. The second-order valence-electron chi connectivity index (χ2n) is 4.66. The van der Waals surface area contributed by atoms with Crippen molar-refractivity contribution in [2.24, 2.45) is 0 Å². The molecule has 0 bridgehead atoms. The summed E-state index contributed by atoms with van der Waals surface area (Å²) in [6.07, 6.45) is 7.39. The van der Waals surface area contributed by atoms with E-state index in [1.165, 1.54) is 0 Å². The second-order valence-corrected chi connectivity index (χ2v) is 5.60. The summed E-state index contributed by atoms with van der Waals surface area (Å²) >= 11 is 1.13. The van der Waals surface area contributed by atoms with E-state index in [9.17, 15) is 4.79 Å². The van der Waals surface area contributed by atoms with E-state index in [1.807, 2.05) is 28.8 Å². The molecular weight excluding hydrogens is 314 g/mol. The molecule has 116 valence electrons. The van der Waals surface area contributed by atoms with Gasteiger partial charge in [0.15, 0.2) is 5.16 Å². The van der Waals surface area contributed by atoms with E-state index in [2.05, 4.69) is 20.2 Å². The summed E-state index contributed by atoms with van der Waals surface area (Å²) in [4.78, 5) is 18.9. The van der Waals surface area contributed by atoms with Crippen molar-refractivity contribution in [1.82, 2.24) is 24.7 Å². The Hall–Kier alpha value is -2.74. The van der Waals surface area contributed by atoms with Crippen molar-refractivity contribution in [2.75, 3.05) is 5.75 Å². The summed E-state index contributed by atoms with van der Waals surface area (Å²) in [5, 5.41) is 17.8. The average molecular weight is 327 g/mol. The number of nitrogens with zero attached hydrogens (tertiary/aromatic N) is 5. The molecule has 0 aliphatic carbocycles. The lowest BCUT2D eigenvalue weighted by Crippen LogP contribution is -2.06. The van der Waals surface area contributed by atoms with Gasteiger partial charge in [0.2, 0.25) is 0 Å². The highest BCUT2D eigenvalue weighted by atomic mass is 32.2. The molecule has 23 heavy (non-hydrogen) atoms. The van der Waals surface area contributed by atoms with Crippen LogP contribution in [-0.2, 0) is 11.2 Å². The Labute approximate surface area is 136 Å². The number of rotatable bonds is 6. The molecule has 7 nitrogen and oxygen atoms in total. The quantitative estimate of drug-likeness (QED) is 0.690. The standard InChI is InChI=1S/C15H13N5O2S/c21-14(22)10-23-15-19-18-13(8-11-3-6-16-7-4-11)20(15)12-2-1-5-17-9-12/h1-7,9H,8,10H2,(H,21,22). The van der Waals surface area contributed by atoms with Crippen molar-refractivity contribution < 1.29 is 9.90 Å². The number of carboxylic acid groups (broad SMARTS) is 1. The zero-order valence-corrected chi connectivity index (χ0v) is 12.8. The largest absolute Gasteiger partial charge is 0.481 e. The highest BCUT2D eigenvalue weighted by Crippen LogP contribution is 2.22. The lowest BCUT2D eigenvalue weighted by molar-refractivity contribution is -0.133. The van der Waals surface area contributed by atoms with E-state index < -0.39 is 5.97 Å². The predicted molar refractivity (Wildman–Crippen MR) is 84.6 cm³/mol. The molecule has 0 unspecified atom stereocenters. The molecule has 8 heteroatoms. The maximum atomic E-state index is 10.8. The van der Waals surface area contributed by atoms with Crippen LogP contribution < -0.4 is 0 Å².